The molecule has 2 aromatic heterocycles. The van der Waals surface area contributed by atoms with Gasteiger partial charge in [-0.25, -0.2) is 9.78 Å². The minimum Gasteiger partial charge on any atom is -0.467 e. The van der Waals surface area contributed by atoms with Gasteiger partial charge in [-0.2, -0.15) is 0 Å². The molecule has 0 bridgehead atoms. The summed E-state index contributed by atoms with van der Waals surface area (Å²) in [6.45, 7) is 4.14. The van der Waals surface area contributed by atoms with Crippen LogP contribution in [0.5, 0.6) is 0 Å². The van der Waals surface area contributed by atoms with Crippen molar-refractivity contribution in [3.8, 4) is 0 Å². The number of nitrogens with zero attached hydrogens (tertiary/aromatic N) is 1. The molecule has 0 aromatic carbocycles. The number of hydrogen-bond donors (Lipinski definition) is 1. The summed E-state index contributed by atoms with van der Waals surface area (Å²) in [5, 5.41) is 3.32. The lowest BCUT2D eigenvalue weighted by Crippen LogP contribution is -2.10. The van der Waals surface area contributed by atoms with Gasteiger partial charge in [0, 0.05) is 11.3 Å². The van der Waals surface area contributed by atoms with Crippen molar-refractivity contribution in [1.82, 2.24) is 4.98 Å². The van der Waals surface area contributed by atoms with Gasteiger partial charge in [-0.05, 0) is 18.2 Å². The van der Waals surface area contributed by atoms with Crippen LogP contribution in [-0.2, 0) is 11.3 Å². The molecule has 0 fully saturated rings. The smallest absolute Gasteiger partial charge is 0.357 e. The highest BCUT2D eigenvalue weighted by Crippen LogP contribution is 2.25. The number of nitrogens with one attached hydrogen (secondary N) is 1. The molecular formula is C14H13ClN2O3. The summed E-state index contributed by atoms with van der Waals surface area (Å²) >= 11 is 5.92. The minimum absolute atomic E-state index is 0.122. The van der Waals surface area contributed by atoms with Crippen molar-refractivity contribution in [3.63, 3.8) is 0 Å². The summed E-state index contributed by atoms with van der Waals surface area (Å²) < 4.78 is 9.91. The number of pyridine rings is 1. The van der Waals surface area contributed by atoms with Gasteiger partial charge in [-0.15, -0.1) is 0 Å². The van der Waals surface area contributed by atoms with E-state index in [1.807, 2.05) is 6.07 Å². The number of carbonyl (C=O) groups is 1. The number of aromatic nitrogens is 1. The van der Waals surface area contributed by atoms with Gasteiger partial charge in [0.05, 0.1) is 19.9 Å². The van der Waals surface area contributed by atoms with Crippen LogP contribution >= 0.6 is 11.6 Å². The van der Waals surface area contributed by atoms with Crippen LogP contribution < -0.4 is 5.32 Å². The summed E-state index contributed by atoms with van der Waals surface area (Å²) in [5.41, 5.74) is 1.29. The largest absolute Gasteiger partial charge is 0.467 e. The zero-order valence-corrected chi connectivity index (χ0v) is 11.6. The van der Waals surface area contributed by atoms with E-state index < -0.39 is 5.97 Å². The summed E-state index contributed by atoms with van der Waals surface area (Å²) in [6.07, 6.45) is 3.12. The van der Waals surface area contributed by atoms with Gasteiger partial charge < -0.3 is 14.5 Å². The SMILES string of the molecule is C=Cc1c(NCc2ccco2)cc(Cl)nc1C(=O)OC. The van der Waals surface area contributed by atoms with E-state index in [2.05, 4.69) is 21.6 Å². The van der Waals surface area contributed by atoms with Crippen LogP contribution in [0.15, 0.2) is 35.5 Å². The second kappa shape index (κ2) is 6.25. The third-order valence-electron chi connectivity index (χ3n) is 2.64. The third kappa shape index (κ3) is 3.00. The highest BCUT2D eigenvalue weighted by Gasteiger charge is 2.17. The number of anilines is 1. The van der Waals surface area contributed by atoms with Gasteiger partial charge >= 0.3 is 5.97 Å². The maximum absolute atomic E-state index is 11.7. The topological polar surface area (TPSA) is 64.4 Å². The molecule has 0 aliphatic rings. The number of esters is 1. The average Bonchev–Trinajstić information content (AvgIpc) is 2.96. The molecule has 104 valence electrons. The van der Waals surface area contributed by atoms with Crippen LogP contribution in [0.3, 0.4) is 0 Å². The zero-order chi connectivity index (χ0) is 14.5. The molecule has 0 saturated carbocycles. The molecule has 0 spiro atoms. The summed E-state index contributed by atoms with van der Waals surface area (Å²) in [7, 11) is 1.29. The third-order valence-corrected chi connectivity index (χ3v) is 2.84. The Kier molecular flexibility index (Phi) is 4.42. The first-order valence-corrected chi connectivity index (χ1v) is 6.21. The Morgan fingerprint density at radius 1 is 1.65 bits per heavy atom. The second-order valence-electron chi connectivity index (χ2n) is 3.88. The maximum Gasteiger partial charge on any atom is 0.357 e. The van der Waals surface area contributed by atoms with Crippen LogP contribution in [0.2, 0.25) is 5.15 Å². The molecule has 20 heavy (non-hydrogen) atoms. The van der Waals surface area contributed by atoms with E-state index in [4.69, 9.17) is 16.0 Å². The van der Waals surface area contributed by atoms with Crippen molar-refractivity contribution in [2.45, 2.75) is 6.54 Å². The molecule has 0 unspecified atom stereocenters. The van der Waals surface area contributed by atoms with Gasteiger partial charge in [0.1, 0.15) is 10.9 Å². The van der Waals surface area contributed by atoms with Gasteiger partial charge in [-0.3, -0.25) is 0 Å². The van der Waals surface area contributed by atoms with Crippen molar-refractivity contribution >= 4 is 29.3 Å². The Labute approximate surface area is 121 Å². The van der Waals surface area contributed by atoms with Gasteiger partial charge in [0.15, 0.2) is 5.69 Å². The Morgan fingerprint density at radius 3 is 3.05 bits per heavy atom. The van der Waals surface area contributed by atoms with E-state index in [-0.39, 0.29) is 10.8 Å². The molecule has 6 heteroatoms. The van der Waals surface area contributed by atoms with Gasteiger partial charge in [0.2, 0.25) is 0 Å². The number of ether oxygens (including phenoxy) is 1. The second-order valence-corrected chi connectivity index (χ2v) is 4.27. The lowest BCUT2D eigenvalue weighted by atomic mass is 10.1. The minimum atomic E-state index is -0.566. The fourth-order valence-corrected chi connectivity index (χ4v) is 1.92. The first-order chi connectivity index (χ1) is 9.65. The van der Waals surface area contributed by atoms with Gasteiger partial charge in [-0.1, -0.05) is 24.3 Å². The number of hydrogen-bond acceptors (Lipinski definition) is 5. The average molecular weight is 293 g/mol. The lowest BCUT2D eigenvalue weighted by molar-refractivity contribution is 0.0594. The zero-order valence-electron chi connectivity index (χ0n) is 10.9. The van der Waals surface area contributed by atoms with Gasteiger partial charge in [0.25, 0.3) is 0 Å². The lowest BCUT2D eigenvalue weighted by Gasteiger charge is -2.12. The van der Waals surface area contributed by atoms with Crippen molar-refractivity contribution in [2.24, 2.45) is 0 Å². The van der Waals surface area contributed by atoms with Crippen molar-refractivity contribution in [1.29, 1.82) is 0 Å². The van der Waals surface area contributed by atoms with Crippen molar-refractivity contribution in [2.75, 3.05) is 12.4 Å². The molecule has 2 heterocycles. The van der Waals surface area contributed by atoms with E-state index >= 15 is 0 Å². The molecular weight excluding hydrogens is 280 g/mol. The van der Waals surface area contributed by atoms with Crippen LogP contribution in [0.4, 0.5) is 5.69 Å². The van der Waals surface area contributed by atoms with Crippen molar-refractivity contribution < 1.29 is 13.9 Å². The Bertz CT molecular complexity index is 624. The number of furan rings is 1. The Balaban J connectivity index is 2.33. The fourth-order valence-electron chi connectivity index (χ4n) is 1.72. The standard InChI is InChI=1S/C14H13ClN2O3/c1-3-10-11(16-8-9-5-4-6-20-9)7-12(15)17-13(10)14(18)19-2/h3-7H,1,8H2,2H3,(H,16,17). The Hall–Kier alpha value is -2.27. The number of halogens is 1. The first kappa shape index (κ1) is 14.1. The highest BCUT2D eigenvalue weighted by molar-refractivity contribution is 6.30. The molecule has 1 N–H and O–H groups in total. The molecule has 0 aliphatic heterocycles. The summed E-state index contributed by atoms with van der Waals surface area (Å²) in [4.78, 5) is 15.7. The molecule has 0 saturated heterocycles. The van der Waals surface area contributed by atoms with Crippen LogP contribution in [0, 0.1) is 0 Å². The predicted molar refractivity (Wildman–Crippen MR) is 76.7 cm³/mol. The molecule has 0 radical (unpaired) electrons. The molecule has 2 aromatic rings. The van der Waals surface area contributed by atoms with Crippen molar-refractivity contribution in [3.05, 3.63) is 53.2 Å². The number of rotatable bonds is 5. The quantitative estimate of drug-likeness (QED) is 0.676. The van der Waals surface area contributed by atoms with Crippen LogP contribution in [0.1, 0.15) is 21.8 Å². The number of carbonyl (C=O) groups excluding carboxylic acids is 1. The molecule has 5 nitrogen and oxygen atoms in total. The van der Waals surface area contributed by atoms with E-state index in [0.29, 0.717) is 17.8 Å². The maximum atomic E-state index is 11.7. The number of methoxy groups -OCH3 is 1. The van der Waals surface area contributed by atoms with E-state index in [0.717, 1.165) is 5.76 Å². The first-order valence-electron chi connectivity index (χ1n) is 5.83. The fraction of sp³-hybridized carbons (Fsp3) is 0.143. The van der Waals surface area contributed by atoms with E-state index in [9.17, 15) is 4.79 Å². The van der Waals surface area contributed by atoms with Crippen LogP contribution in [0.25, 0.3) is 6.08 Å². The molecule has 2 rings (SSSR count). The normalized spacial score (nSPS) is 10.1. The monoisotopic (exact) mass is 292 g/mol. The molecule has 0 aliphatic carbocycles. The van der Waals surface area contributed by atoms with E-state index in [1.165, 1.54) is 13.2 Å². The van der Waals surface area contributed by atoms with E-state index in [1.54, 1.807) is 18.4 Å². The molecule has 0 amide bonds. The highest BCUT2D eigenvalue weighted by atomic mass is 35.5. The van der Waals surface area contributed by atoms with Crippen LogP contribution in [-0.4, -0.2) is 18.1 Å². The summed E-state index contributed by atoms with van der Waals surface area (Å²) in [5.74, 6) is 0.191. The Morgan fingerprint density at radius 2 is 2.45 bits per heavy atom. The predicted octanol–water partition coefficient (Wildman–Crippen LogP) is 3.37. The molecule has 0 atom stereocenters. The summed E-state index contributed by atoms with van der Waals surface area (Å²) in [6, 6.07) is 5.25.